The van der Waals surface area contributed by atoms with Gasteiger partial charge in [-0.3, -0.25) is 4.79 Å². The average molecular weight is 309 g/mol. The number of benzene rings is 1. The van der Waals surface area contributed by atoms with Crippen LogP contribution in [-0.2, 0) is 4.79 Å². The summed E-state index contributed by atoms with van der Waals surface area (Å²) in [6.45, 7) is 1.65. The zero-order valence-corrected chi connectivity index (χ0v) is 11.9. The molecule has 3 heteroatoms. The van der Waals surface area contributed by atoms with E-state index in [2.05, 4.69) is 39.5 Å². The van der Waals surface area contributed by atoms with E-state index in [1.807, 2.05) is 18.2 Å². The van der Waals surface area contributed by atoms with Crippen LogP contribution in [0.1, 0.15) is 29.7 Å². The number of carbonyl (C=O) groups excluding carboxylic acids is 1. The van der Waals surface area contributed by atoms with E-state index in [-0.39, 0.29) is 11.7 Å². The van der Waals surface area contributed by atoms with Crippen molar-refractivity contribution in [1.29, 1.82) is 0 Å². The van der Waals surface area contributed by atoms with Crippen LogP contribution in [0.5, 0.6) is 0 Å². The van der Waals surface area contributed by atoms with Gasteiger partial charge >= 0.3 is 0 Å². The monoisotopic (exact) mass is 308 g/mol. The summed E-state index contributed by atoms with van der Waals surface area (Å²) >= 11 is 5.18. The summed E-state index contributed by atoms with van der Waals surface area (Å²) < 4.78 is 1.06. The fraction of sp³-hybridized carbons (Fsp3) is 0.214. The zero-order valence-electron chi connectivity index (χ0n) is 9.52. The van der Waals surface area contributed by atoms with Crippen LogP contribution in [0.4, 0.5) is 0 Å². The van der Waals surface area contributed by atoms with E-state index in [1.54, 1.807) is 18.3 Å². The molecule has 0 amide bonds. The molecule has 0 saturated heterocycles. The minimum atomic E-state index is 0.185. The van der Waals surface area contributed by atoms with Gasteiger partial charge in [-0.25, -0.2) is 0 Å². The predicted octanol–water partition coefficient (Wildman–Crippen LogP) is 4.62. The van der Waals surface area contributed by atoms with E-state index in [0.29, 0.717) is 6.42 Å². The summed E-state index contributed by atoms with van der Waals surface area (Å²) in [5.41, 5.74) is 1.19. The maximum atomic E-state index is 11.4. The van der Waals surface area contributed by atoms with Crippen molar-refractivity contribution in [1.82, 2.24) is 0 Å². The van der Waals surface area contributed by atoms with E-state index in [4.69, 9.17) is 0 Å². The van der Waals surface area contributed by atoms with Gasteiger partial charge in [0.2, 0.25) is 0 Å². The van der Waals surface area contributed by atoms with Gasteiger partial charge < -0.3 is 0 Å². The highest BCUT2D eigenvalue weighted by atomic mass is 79.9. The zero-order chi connectivity index (χ0) is 12.3. The highest BCUT2D eigenvalue weighted by Crippen LogP contribution is 2.32. The molecule has 1 aromatic heterocycles. The van der Waals surface area contributed by atoms with E-state index in [9.17, 15) is 4.79 Å². The fourth-order valence-electron chi connectivity index (χ4n) is 1.88. The summed E-state index contributed by atoms with van der Waals surface area (Å²) in [6.07, 6.45) is 0.566. The Morgan fingerprint density at radius 2 is 2.18 bits per heavy atom. The van der Waals surface area contributed by atoms with Gasteiger partial charge in [-0.1, -0.05) is 34.1 Å². The van der Waals surface area contributed by atoms with Gasteiger partial charge in [0, 0.05) is 21.7 Å². The Labute approximate surface area is 114 Å². The fourth-order valence-corrected chi connectivity index (χ4v) is 3.16. The molecule has 1 unspecified atom stereocenters. The Kier molecular flexibility index (Phi) is 4.13. The molecule has 0 saturated carbocycles. The molecule has 0 aliphatic rings. The molecule has 0 N–H and O–H groups in total. The van der Waals surface area contributed by atoms with E-state index < -0.39 is 0 Å². The Morgan fingerprint density at radius 3 is 2.76 bits per heavy atom. The first-order valence-electron chi connectivity index (χ1n) is 5.45. The van der Waals surface area contributed by atoms with Crippen LogP contribution < -0.4 is 0 Å². The lowest BCUT2D eigenvalue weighted by atomic mass is 9.93. The van der Waals surface area contributed by atoms with Crippen molar-refractivity contribution in [3.05, 3.63) is 56.7 Å². The largest absolute Gasteiger partial charge is 0.300 e. The van der Waals surface area contributed by atoms with Crippen LogP contribution in [0.25, 0.3) is 0 Å². The third-order valence-electron chi connectivity index (χ3n) is 2.63. The molecule has 88 valence electrons. The molecule has 0 aliphatic carbocycles. The van der Waals surface area contributed by atoms with E-state index in [0.717, 1.165) is 4.47 Å². The molecule has 1 aromatic carbocycles. The second-order valence-corrected chi connectivity index (χ2v) is 5.92. The average Bonchev–Trinajstić information content (AvgIpc) is 2.79. The molecule has 0 spiro atoms. The predicted molar refractivity (Wildman–Crippen MR) is 75.6 cm³/mol. The second-order valence-electron chi connectivity index (χ2n) is 4.03. The van der Waals surface area contributed by atoms with Crippen molar-refractivity contribution < 1.29 is 4.79 Å². The lowest BCUT2D eigenvalue weighted by Gasteiger charge is -2.14. The summed E-state index contributed by atoms with van der Waals surface area (Å²) in [5.74, 6) is 0.411. The van der Waals surface area contributed by atoms with Crippen LogP contribution in [-0.4, -0.2) is 5.78 Å². The smallest absolute Gasteiger partial charge is 0.130 e. The number of hydrogen-bond donors (Lipinski definition) is 0. The first-order valence-corrected chi connectivity index (χ1v) is 7.12. The van der Waals surface area contributed by atoms with Crippen molar-refractivity contribution in [2.24, 2.45) is 0 Å². The third kappa shape index (κ3) is 3.27. The number of ketones is 1. The van der Waals surface area contributed by atoms with Gasteiger partial charge in [-0.05, 0) is 36.1 Å². The van der Waals surface area contributed by atoms with E-state index >= 15 is 0 Å². The molecule has 0 fully saturated rings. The quantitative estimate of drug-likeness (QED) is 0.805. The number of thiophene rings is 1. The molecule has 1 heterocycles. The highest BCUT2D eigenvalue weighted by molar-refractivity contribution is 9.10. The summed E-state index contributed by atoms with van der Waals surface area (Å²) in [7, 11) is 0. The summed E-state index contributed by atoms with van der Waals surface area (Å²) in [4.78, 5) is 12.6. The Balaban J connectivity index is 2.36. The van der Waals surface area contributed by atoms with Crippen molar-refractivity contribution in [2.45, 2.75) is 19.3 Å². The SMILES string of the molecule is CC(=O)CC(c1cccc(Br)c1)c1cccs1. The number of Topliss-reactive ketones (excluding diaryl/α,β-unsaturated/α-hetero) is 1. The summed E-state index contributed by atoms with van der Waals surface area (Å²) in [6, 6.07) is 12.3. The molecule has 0 bridgehead atoms. The van der Waals surface area contributed by atoms with Gasteiger partial charge in [-0.15, -0.1) is 11.3 Å². The summed E-state index contributed by atoms with van der Waals surface area (Å²) in [5, 5.41) is 2.06. The third-order valence-corrected chi connectivity index (χ3v) is 4.11. The van der Waals surface area contributed by atoms with Crippen molar-refractivity contribution in [3.63, 3.8) is 0 Å². The van der Waals surface area contributed by atoms with Crippen LogP contribution in [0, 0.1) is 0 Å². The second kappa shape index (κ2) is 5.61. The first kappa shape index (κ1) is 12.5. The minimum Gasteiger partial charge on any atom is -0.300 e. The Bertz CT molecular complexity index is 505. The first-order chi connectivity index (χ1) is 8.16. The van der Waals surface area contributed by atoms with Gasteiger partial charge in [0.05, 0.1) is 0 Å². The van der Waals surface area contributed by atoms with Gasteiger partial charge in [0.25, 0.3) is 0 Å². The van der Waals surface area contributed by atoms with E-state index in [1.165, 1.54) is 10.4 Å². The highest BCUT2D eigenvalue weighted by Gasteiger charge is 2.17. The maximum absolute atomic E-state index is 11.4. The minimum absolute atomic E-state index is 0.185. The topological polar surface area (TPSA) is 17.1 Å². The maximum Gasteiger partial charge on any atom is 0.130 e. The van der Waals surface area contributed by atoms with Gasteiger partial charge in [-0.2, -0.15) is 0 Å². The van der Waals surface area contributed by atoms with Crippen LogP contribution >= 0.6 is 27.3 Å². The number of hydrogen-bond acceptors (Lipinski definition) is 2. The number of rotatable bonds is 4. The Hall–Kier alpha value is -0.930. The lowest BCUT2D eigenvalue weighted by molar-refractivity contribution is -0.117. The lowest BCUT2D eigenvalue weighted by Crippen LogP contribution is -2.04. The van der Waals surface area contributed by atoms with Crippen LogP contribution in [0.3, 0.4) is 0 Å². The van der Waals surface area contributed by atoms with Crippen LogP contribution in [0.2, 0.25) is 0 Å². The molecule has 0 radical (unpaired) electrons. The molecule has 1 nitrogen and oxygen atoms in total. The van der Waals surface area contributed by atoms with Crippen molar-refractivity contribution in [2.75, 3.05) is 0 Å². The van der Waals surface area contributed by atoms with Gasteiger partial charge in [0.15, 0.2) is 0 Å². The molecular formula is C14H13BrOS. The number of carbonyl (C=O) groups is 1. The van der Waals surface area contributed by atoms with Crippen molar-refractivity contribution >= 4 is 33.0 Å². The molecule has 0 aliphatic heterocycles. The molecule has 1 atom stereocenters. The number of halogens is 1. The van der Waals surface area contributed by atoms with Crippen LogP contribution in [0.15, 0.2) is 46.3 Å². The molecule has 2 rings (SSSR count). The normalized spacial score (nSPS) is 12.4. The standard InChI is InChI=1S/C14H13BrOS/c1-10(16)8-13(14-6-3-7-17-14)11-4-2-5-12(15)9-11/h2-7,9,13H,8H2,1H3. The molecular weight excluding hydrogens is 296 g/mol. The molecule has 17 heavy (non-hydrogen) atoms. The molecule has 2 aromatic rings. The van der Waals surface area contributed by atoms with Gasteiger partial charge in [0.1, 0.15) is 5.78 Å². The van der Waals surface area contributed by atoms with Crippen molar-refractivity contribution in [3.8, 4) is 0 Å². The Morgan fingerprint density at radius 1 is 1.35 bits per heavy atom.